The number of ether oxygens (including phenoxy) is 1. The van der Waals surface area contributed by atoms with Crippen LogP contribution in [0.5, 0.6) is 11.5 Å². The first-order valence-corrected chi connectivity index (χ1v) is 17.0. The SMILES string of the molecule is c1ccc(-c2cccc(-c3cc(-c4ccc5c(c4)-c4ccccc4C54c5ccccc5Oc5ccccc54)nc(-c4ccccc4)n3)c2)cc1. The molecular weight excluding hydrogens is 609 g/mol. The van der Waals surface area contributed by atoms with Gasteiger partial charge in [-0.15, -0.1) is 0 Å². The van der Waals surface area contributed by atoms with Crippen LogP contribution < -0.4 is 4.74 Å². The second kappa shape index (κ2) is 11.3. The lowest BCUT2D eigenvalue weighted by atomic mass is 9.66. The molecule has 10 rings (SSSR count). The molecule has 8 aromatic rings. The summed E-state index contributed by atoms with van der Waals surface area (Å²) in [4.78, 5) is 10.3. The molecule has 3 heteroatoms. The maximum absolute atomic E-state index is 6.52. The molecule has 3 nitrogen and oxygen atoms in total. The van der Waals surface area contributed by atoms with Gasteiger partial charge < -0.3 is 4.74 Å². The van der Waals surface area contributed by atoms with Crippen molar-refractivity contribution >= 4 is 0 Å². The summed E-state index contributed by atoms with van der Waals surface area (Å²) in [6.07, 6.45) is 0. The van der Waals surface area contributed by atoms with Gasteiger partial charge in [-0.25, -0.2) is 9.97 Å². The molecule has 2 heterocycles. The molecule has 1 spiro atoms. The van der Waals surface area contributed by atoms with Crippen LogP contribution in [-0.2, 0) is 5.41 Å². The molecule has 0 amide bonds. The molecule has 50 heavy (non-hydrogen) atoms. The van der Waals surface area contributed by atoms with Crippen molar-refractivity contribution in [2.75, 3.05) is 0 Å². The number of benzene rings is 7. The lowest BCUT2D eigenvalue weighted by Gasteiger charge is -2.39. The minimum atomic E-state index is -0.500. The average Bonchev–Trinajstić information content (AvgIpc) is 3.48. The second-order valence-electron chi connectivity index (χ2n) is 12.9. The highest BCUT2D eigenvalue weighted by Gasteiger charge is 2.50. The minimum Gasteiger partial charge on any atom is -0.457 e. The van der Waals surface area contributed by atoms with Crippen LogP contribution in [0.1, 0.15) is 22.3 Å². The summed E-state index contributed by atoms with van der Waals surface area (Å²) in [5.41, 5.74) is 13.9. The topological polar surface area (TPSA) is 35.0 Å². The van der Waals surface area contributed by atoms with Crippen LogP contribution in [0.3, 0.4) is 0 Å². The Kier molecular flexibility index (Phi) is 6.40. The molecule has 1 aliphatic carbocycles. The number of hydrogen-bond acceptors (Lipinski definition) is 3. The monoisotopic (exact) mass is 638 g/mol. The van der Waals surface area contributed by atoms with Crippen LogP contribution in [-0.4, -0.2) is 9.97 Å². The van der Waals surface area contributed by atoms with Crippen LogP contribution in [0.2, 0.25) is 0 Å². The fourth-order valence-corrected chi connectivity index (χ4v) is 7.97. The molecule has 1 aliphatic heterocycles. The van der Waals surface area contributed by atoms with E-state index in [0.29, 0.717) is 5.82 Å². The van der Waals surface area contributed by atoms with Crippen molar-refractivity contribution in [2.45, 2.75) is 5.41 Å². The maximum atomic E-state index is 6.52. The van der Waals surface area contributed by atoms with Gasteiger partial charge in [-0.05, 0) is 63.7 Å². The molecule has 0 unspecified atom stereocenters. The van der Waals surface area contributed by atoms with Crippen molar-refractivity contribution in [2.24, 2.45) is 0 Å². The van der Waals surface area contributed by atoms with E-state index in [1.807, 2.05) is 24.3 Å². The predicted molar refractivity (Wildman–Crippen MR) is 201 cm³/mol. The van der Waals surface area contributed by atoms with Crippen LogP contribution in [0.15, 0.2) is 182 Å². The van der Waals surface area contributed by atoms with E-state index in [2.05, 4.69) is 158 Å². The third-order valence-corrected chi connectivity index (χ3v) is 10.2. The van der Waals surface area contributed by atoms with Gasteiger partial charge in [0, 0.05) is 27.8 Å². The van der Waals surface area contributed by atoms with Crippen LogP contribution in [0, 0.1) is 0 Å². The summed E-state index contributed by atoms with van der Waals surface area (Å²) in [6.45, 7) is 0. The number of nitrogens with zero attached hydrogens (tertiary/aromatic N) is 2. The van der Waals surface area contributed by atoms with E-state index in [-0.39, 0.29) is 0 Å². The Hall–Kier alpha value is -6.58. The largest absolute Gasteiger partial charge is 0.457 e. The van der Waals surface area contributed by atoms with Crippen LogP contribution in [0.4, 0.5) is 0 Å². The number of fused-ring (bicyclic) bond motifs is 9. The first-order valence-electron chi connectivity index (χ1n) is 17.0. The maximum Gasteiger partial charge on any atom is 0.160 e. The molecule has 7 aromatic carbocycles. The Balaban J connectivity index is 1.19. The fourth-order valence-electron chi connectivity index (χ4n) is 7.97. The number of rotatable bonds is 4. The Bertz CT molecular complexity index is 2530. The molecule has 0 radical (unpaired) electrons. The normalized spacial score (nSPS) is 13.1. The number of hydrogen-bond donors (Lipinski definition) is 0. The van der Waals surface area contributed by atoms with Crippen LogP contribution >= 0.6 is 0 Å². The third kappa shape index (κ3) is 4.30. The zero-order valence-electron chi connectivity index (χ0n) is 27.1. The van der Waals surface area contributed by atoms with Gasteiger partial charge in [-0.1, -0.05) is 152 Å². The van der Waals surface area contributed by atoms with E-state index in [1.54, 1.807) is 0 Å². The molecule has 0 fully saturated rings. The highest BCUT2D eigenvalue weighted by atomic mass is 16.5. The van der Waals surface area contributed by atoms with Gasteiger partial charge in [0.2, 0.25) is 0 Å². The number of para-hydroxylation sites is 2. The molecule has 0 atom stereocenters. The Morgan fingerprint density at radius 3 is 1.56 bits per heavy atom. The van der Waals surface area contributed by atoms with Crippen molar-refractivity contribution in [3.05, 3.63) is 204 Å². The van der Waals surface area contributed by atoms with Crippen molar-refractivity contribution < 1.29 is 4.74 Å². The van der Waals surface area contributed by atoms with E-state index in [1.165, 1.54) is 27.8 Å². The zero-order valence-corrected chi connectivity index (χ0v) is 27.1. The first kappa shape index (κ1) is 28.4. The highest BCUT2D eigenvalue weighted by molar-refractivity contribution is 5.90. The molecule has 0 bridgehead atoms. The van der Waals surface area contributed by atoms with E-state index in [4.69, 9.17) is 14.7 Å². The summed E-state index contributed by atoms with van der Waals surface area (Å²) in [5, 5.41) is 0. The lowest BCUT2D eigenvalue weighted by molar-refractivity contribution is 0.436. The van der Waals surface area contributed by atoms with Gasteiger partial charge in [0.15, 0.2) is 5.82 Å². The fraction of sp³-hybridized carbons (Fsp3) is 0.0213. The third-order valence-electron chi connectivity index (χ3n) is 10.2. The van der Waals surface area contributed by atoms with E-state index in [9.17, 15) is 0 Å². The molecule has 2 aliphatic rings. The molecule has 234 valence electrons. The number of aromatic nitrogens is 2. The smallest absolute Gasteiger partial charge is 0.160 e. The summed E-state index contributed by atoms with van der Waals surface area (Å²) < 4.78 is 6.52. The van der Waals surface area contributed by atoms with Crippen molar-refractivity contribution in [3.8, 4) is 67.7 Å². The molecular formula is C47H30N2O. The van der Waals surface area contributed by atoms with Gasteiger partial charge in [0.25, 0.3) is 0 Å². The molecule has 0 saturated carbocycles. The second-order valence-corrected chi connectivity index (χ2v) is 12.9. The van der Waals surface area contributed by atoms with Gasteiger partial charge in [-0.2, -0.15) is 0 Å². The summed E-state index contributed by atoms with van der Waals surface area (Å²) in [5.74, 6) is 2.49. The molecule has 1 aromatic heterocycles. The van der Waals surface area contributed by atoms with E-state index < -0.39 is 5.41 Å². The Morgan fingerprint density at radius 1 is 0.340 bits per heavy atom. The average molecular weight is 639 g/mol. The molecule has 0 saturated heterocycles. The Morgan fingerprint density at radius 2 is 0.860 bits per heavy atom. The predicted octanol–water partition coefficient (Wildman–Crippen LogP) is 11.6. The minimum absolute atomic E-state index is 0.500. The highest BCUT2D eigenvalue weighted by Crippen LogP contribution is 2.62. The van der Waals surface area contributed by atoms with Gasteiger partial charge in [0.05, 0.1) is 16.8 Å². The van der Waals surface area contributed by atoms with E-state index in [0.717, 1.165) is 56.3 Å². The van der Waals surface area contributed by atoms with Crippen LogP contribution in [0.25, 0.3) is 56.2 Å². The van der Waals surface area contributed by atoms with Gasteiger partial charge in [0.1, 0.15) is 11.5 Å². The van der Waals surface area contributed by atoms with Crippen molar-refractivity contribution in [3.63, 3.8) is 0 Å². The van der Waals surface area contributed by atoms with Gasteiger partial charge in [-0.3, -0.25) is 0 Å². The summed E-state index contributed by atoms with van der Waals surface area (Å²) >= 11 is 0. The summed E-state index contributed by atoms with van der Waals surface area (Å²) in [6, 6.07) is 64.1. The quantitative estimate of drug-likeness (QED) is 0.192. The van der Waals surface area contributed by atoms with Crippen molar-refractivity contribution in [1.29, 1.82) is 0 Å². The summed E-state index contributed by atoms with van der Waals surface area (Å²) in [7, 11) is 0. The zero-order chi connectivity index (χ0) is 33.1. The molecule has 0 N–H and O–H groups in total. The Labute approximate surface area is 291 Å². The standard InChI is InChI=1S/C47H30N2O/c1-3-14-31(15-4-1)33-18-13-19-34(28-33)42-30-43(49-46(48-42)32-16-5-2-6-17-32)35-26-27-39-37(29-35)36-20-7-8-21-38(36)47(39)40-22-9-11-24-44(40)50-45-25-12-10-23-41(45)47/h1-30H. The first-order chi connectivity index (χ1) is 24.8. The lowest BCUT2D eigenvalue weighted by Crippen LogP contribution is -2.32. The van der Waals surface area contributed by atoms with E-state index >= 15 is 0 Å². The van der Waals surface area contributed by atoms with Crippen molar-refractivity contribution in [1.82, 2.24) is 9.97 Å². The van der Waals surface area contributed by atoms with Gasteiger partial charge >= 0.3 is 0 Å².